The summed E-state index contributed by atoms with van der Waals surface area (Å²) < 4.78 is 14.6. The molecule has 0 bridgehead atoms. The summed E-state index contributed by atoms with van der Waals surface area (Å²) in [6.07, 6.45) is 0.863. The molecule has 1 aromatic rings. The quantitative estimate of drug-likeness (QED) is 0.265. The number of nitrogens with one attached hydrogen (secondary N) is 1. The second-order valence-electron chi connectivity index (χ2n) is 4.96. The van der Waals surface area contributed by atoms with E-state index in [1.807, 2.05) is 0 Å². The highest BCUT2D eigenvalue weighted by atomic mass is 16.6. The molecule has 1 fully saturated rings. The third-order valence-electron chi connectivity index (χ3n) is 3.31. The van der Waals surface area contributed by atoms with Gasteiger partial charge in [-0.1, -0.05) is 0 Å². The Hall–Kier alpha value is -3.03. The number of amides is 1. The Morgan fingerprint density at radius 1 is 1.16 bits per heavy atom. The molecule has 0 saturated carbocycles. The van der Waals surface area contributed by atoms with E-state index < -0.39 is 11.9 Å². The second kappa shape index (κ2) is 8.72. The summed E-state index contributed by atoms with van der Waals surface area (Å²) in [4.78, 5) is 36.8. The lowest BCUT2D eigenvalue weighted by atomic mass is 10.2. The summed E-state index contributed by atoms with van der Waals surface area (Å²) in [5, 5.41) is 2.85. The number of carbonyl (C=O) groups is 3. The Kier molecular flexibility index (Phi) is 6.39. The molecule has 0 atom stereocenters. The minimum atomic E-state index is -0.759. The Morgan fingerprint density at radius 3 is 2.24 bits per heavy atom. The van der Waals surface area contributed by atoms with Gasteiger partial charge in [-0.2, -0.15) is 0 Å². The van der Waals surface area contributed by atoms with Crippen LogP contribution in [-0.4, -0.2) is 44.4 Å². The number of hydrogen-bond donors (Lipinski definition) is 1. The van der Waals surface area contributed by atoms with Crippen LogP contribution in [-0.2, 0) is 23.8 Å². The van der Waals surface area contributed by atoms with Crippen LogP contribution < -0.4 is 10.2 Å². The maximum absolute atomic E-state index is 11.9. The summed E-state index contributed by atoms with van der Waals surface area (Å²) in [5.41, 5.74) is 1.10. The lowest BCUT2D eigenvalue weighted by molar-refractivity contribution is -0.146. The highest BCUT2D eigenvalue weighted by molar-refractivity contribution is 6.14. The Morgan fingerprint density at radius 2 is 1.76 bits per heavy atom. The Bertz CT molecular complexity index is 648. The topological polar surface area (TPSA) is 94.2 Å². The maximum Gasteiger partial charge on any atom is 0.414 e. The van der Waals surface area contributed by atoms with E-state index >= 15 is 0 Å². The number of rotatable bonds is 7. The van der Waals surface area contributed by atoms with Gasteiger partial charge in [-0.15, -0.1) is 0 Å². The average molecular weight is 348 g/mol. The average Bonchev–Trinajstić information content (AvgIpc) is 3.02. The molecule has 1 N–H and O–H groups in total. The van der Waals surface area contributed by atoms with Gasteiger partial charge in [-0.25, -0.2) is 14.4 Å². The van der Waals surface area contributed by atoms with Gasteiger partial charge in [0.25, 0.3) is 0 Å². The molecule has 1 saturated heterocycles. The van der Waals surface area contributed by atoms with Gasteiger partial charge in [0, 0.05) is 17.6 Å². The molecule has 0 unspecified atom stereocenters. The van der Waals surface area contributed by atoms with E-state index in [1.165, 1.54) is 11.1 Å². The number of benzene rings is 1. The maximum atomic E-state index is 11.9. The standard InChI is InChI=1S/C17H20N2O6/c1-3-23-15(20)14(16(21)24-4-2)11-18-12-5-7-13(8-6-12)19-9-10-25-17(19)22/h5-8,11,18H,3-4,9-10H2,1-2H3. The SMILES string of the molecule is CCOC(=O)C(=CNc1ccc(N2CCOC2=O)cc1)C(=O)OCC. The minimum absolute atomic E-state index is 0.149. The molecule has 1 aliphatic heterocycles. The van der Waals surface area contributed by atoms with Gasteiger partial charge in [0.05, 0.1) is 19.8 Å². The third kappa shape index (κ3) is 4.72. The fraction of sp³-hybridized carbons (Fsp3) is 0.353. The fourth-order valence-electron chi connectivity index (χ4n) is 2.14. The molecule has 25 heavy (non-hydrogen) atoms. The van der Waals surface area contributed by atoms with Crippen LogP contribution in [0.3, 0.4) is 0 Å². The van der Waals surface area contributed by atoms with E-state index in [1.54, 1.807) is 38.1 Å². The van der Waals surface area contributed by atoms with Crippen LogP contribution in [0.5, 0.6) is 0 Å². The van der Waals surface area contributed by atoms with Gasteiger partial charge in [0.1, 0.15) is 6.61 Å². The summed E-state index contributed by atoms with van der Waals surface area (Å²) in [5.74, 6) is -1.52. The highest BCUT2D eigenvalue weighted by Crippen LogP contribution is 2.21. The number of nitrogens with zero attached hydrogens (tertiary/aromatic N) is 1. The third-order valence-corrected chi connectivity index (χ3v) is 3.31. The Labute approximate surface area is 145 Å². The number of esters is 2. The van der Waals surface area contributed by atoms with Crippen molar-refractivity contribution in [2.45, 2.75) is 13.8 Å². The van der Waals surface area contributed by atoms with E-state index in [0.717, 1.165) is 0 Å². The molecule has 8 heteroatoms. The van der Waals surface area contributed by atoms with Gasteiger partial charge in [0.15, 0.2) is 5.57 Å². The van der Waals surface area contributed by atoms with Crippen molar-refractivity contribution in [1.29, 1.82) is 0 Å². The highest BCUT2D eigenvalue weighted by Gasteiger charge is 2.23. The van der Waals surface area contributed by atoms with Crippen LogP contribution in [0.25, 0.3) is 0 Å². The lowest BCUT2D eigenvalue weighted by Crippen LogP contribution is -2.23. The molecule has 1 heterocycles. The first-order valence-corrected chi connectivity index (χ1v) is 7.92. The van der Waals surface area contributed by atoms with Gasteiger partial charge < -0.3 is 19.5 Å². The largest absolute Gasteiger partial charge is 0.462 e. The van der Waals surface area contributed by atoms with Gasteiger partial charge >= 0.3 is 18.0 Å². The van der Waals surface area contributed by atoms with Crippen LogP contribution in [0.2, 0.25) is 0 Å². The molecule has 1 amide bonds. The molecular formula is C17H20N2O6. The zero-order valence-corrected chi connectivity index (χ0v) is 14.1. The smallest absolute Gasteiger partial charge is 0.414 e. The zero-order chi connectivity index (χ0) is 18.2. The molecule has 0 spiro atoms. The van der Waals surface area contributed by atoms with E-state index in [4.69, 9.17) is 14.2 Å². The molecular weight excluding hydrogens is 328 g/mol. The van der Waals surface area contributed by atoms with Crippen molar-refractivity contribution in [1.82, 2.24) is 0 Å². The first-order chi connectivity index (χ1) is 12.1. The molecule has 1 aromatic carbocycles. The van der Waals surface area contributed by atoms with Gasteiger partial charge in [0.2, 0.25) is 0 Å². The van der Waals surface area contributed by atoms with Crippen molar-refractivity contribution < 1.29 is 28.6 Å². The normalized spacial score (nSPS) is 13.0. The number of ether oxygens (including phenoxy) is 3. The number of cyclic esters (lactones) is 1. The molecule has 134 valence electrons. The number of hydrogen-bond acceptors (Lipinski definition) is 7. The van der Waals surface area contributed by atoms with Crippen molar-refractivity contribution in [3.8, 4) is 0 Å². The van der Waals surface area contributed by atoms with E-state index in [2.05, 4.69) is 5.32 Å². The van der Waals surface area contributed by atoms with E-state index in [0.29, 0.717) is 24.5 Å². The fourth-order valence-corrected chi connectivity index (χ4v) is 2.14. The first kappa shape index (κ1) is 18.3. The van der Waals surface area contributed by atoms with Crippen molar-refractivity contribution in [2.24, 2.45) is 0 Å². The minimum Gasteiger partial charge on any atom is -0.462 e. The van der Waals surface area contributed by atoms with Crippen molar-refractivity contribution in [3.63, 3.8) is 0 Å². The molecule has 0 aromatic heterocycles. The summed E-state index contributed by atoms with van der Waals surface area (Å²) in [7, 11) is 0. The van der Waals surface area contributed by atoms with Crippen LogP contribution in [0.1, 0.15) is 13.8 Å². The van der Waals surface area contributed by atoms with E-state index in [-0.39, 0.29) is 24.9 Å². The van der Waals surface area contributed by atoms with Gasteiger partial charge in [-0.3, -0.25) is 4.90 Å². The first-order valence-electron chi connectivity index (χ1n) is 7.92. The summed E-state index contributed by atoms with van der Waals surface area (Å²) in [6.45, 7) is 4.46. The zero-order valence-electron chi connectivity index (χ0n) is 14.1. The molecule has 8 nitrogen and oxygen atoms in total. The van der Waals surface area contributed by atoms with Crippen molar-refractivity contribution >= 4 is 29.4 Å². The van der Waals surface area contributed by atoms with Crippen LogP contribution in [0.15, 0.2) is 36.0 Å². The molecule has 0 radical (unpaired) electrons. The predicted molar refractivity (Wildman–Crippen MR) is 90.1 cm³/mol. The summed E-state index contributed by atoms with van der Waals surface area (Å²) >= 11 is 0. The molecule has 0 aliphatic carbocycles. The van der Waals surface area contributed by atoms with Gasteiger partial charge in [-0.05, 0) is 38.1 Å². The van der Waals surface area contributed by atoms with Crippen molar-refractivity contribution in [2.75, 3.05) is 36.6 Å². The van der Waals surface area contributed by atoms with Crippen molar-refractivity contribution in [3.05, 3.63) is 36.0 Å². The monoisotopic (exact) mass is 348 g/mol. The predicted octanol–water partition coefficient (Wildman–Crippen LogP) is 2.07. The van der Waals surface area contributed by atoms with E-state index in [9.17, 15) is 14.4 Å². The van der Waals surface area contributed by atoms with Crippen LogP contribution in [0.4, 0.5) is 16.2 Å². The Balaban J connectivity index is 2.09. The number of anilines is 2. The summed E-state index contributed by atoms with van der Waals surface area (Å²) in [6, 6.07) is 6.89. The lowest BCUT2D eigenvalue weighted by Gasteiger charge is -2.13. The van der Waals surface area contributed by atoms with Crippen LogP contribution in [0, 0.1) is 0 Å². The number of carbonyl (C=O) groups excluding carboxylic acids is 3. The van der Waals surface area contributed by atoms with Crippen LogP contribution >= 0.6 is 0 Å². The molecule has 1 aliphatic rings. The molecule has 2 rings (SSSR count). The second-order valence-corrected chi connectivity index (χ2v) is 4.96.